The van der Waals surface area contributed by atoms with Crippen molar-refractivity contribution in [2.75, 3.05) is 7.11 Å². The van der Waals surface area contributed by atoms with Crippen LogP contribution in [-0.4, -0.2) is 16.9 Å². The molecular weight excluding hydrogens is 268 g/mol. The van der Waals surface area contributed by atoms with Crippen molar-refractivity contribution >= 4 is 0 Å². The number of ether oxygens (including phenoxy) is 1. The van der Waals surface area contributed by atoms with Crippen LogP contribution in [0.1, 0.15) is 54.3 Å². The number of methoxy groups -OCH3 is 1. The molecule has 0 aliphatic heterocycles. The third kappa shape index (κ3) is 2.56. The van der Waals surface area contributed by atoms with Gasteiger partial charge in [0.1, 0.15) is 17.2 Å². The zero-order valence-corrected chi connectivity index (χ0v) is 13.5. The summed E-state index contributed by atoms with van der Waals surface area (Å²) in [5, 5.41) is 4.41. The molecular formula is C15H24N4O2. The Balaban J connectivity index is 2.64. The Labute approximate surface area is 125 Å². The molecule has 2 heterocycles. The number of nitrogens with one attached hydrogen (secondary N) is 1. The lowest BCUT2D eigenvalue weighted by Crippen LogP contribution is -2.32. The molecule has 6 heteroatoms. The standard InChI is InChI=1S/C15H24N4O2/c1-8(2)19-15(12(20-6)7-17-19)14(18-16)13-9(3)10(4)21-11(13)5/h7-8,14,18H,16H2,1-6H3. The minimum Gasteiger partial charge on any atom is -0.493 e. The highest BCUT2D eigenvalue weighted by atomic mass is 16.5. The maximum absolute atomic E-state index is 5.85. The summed E-state index contributed by atoms with van der Waals surface area (Å²) in [5.74, 6) is 8.31. The van der Waals surface area contributed by atoms with Gasteiger partial charge in [-0.3, -0.25) is 10.5 Å². The maximum Gasteiger partial charge on any atom is 0.161 e. The molecule has 0 aromatic carbocycles. The molecule has 3 N–H and O–H groups in total. The Morgan fingerprint density at radius 2 is 1.95 bits per heavy atom. The maximum atomic E-state index is 5.85. The number of nitrogens with two attached hydrogens (primary N) is 1. The van der Waals surface area contributed by atoms with Crippen LogP contribution in [0.3, 0.4) is 0 Å². The molecule has 0 bridgehead atoms. The van der Waals surface area contributed by atoms with Gasteiger partial charge in [-0.15, -0.1) is 0 Å². The van der Waals surface area contributed by atoms with Crippen LogP contribution in [0.2, 0.25) is 0 Å². The molecule has 0 aliphatic rings. The number of hydrazine groups is 1. The van der Waals surface area contributed by atoms with Gasteiger partial charge in [0.2, 0.25) is 0 Å². The number of hydrogen-bond acceptors (Lipinski definition) is 5. The van der Waals surface area contributed by atoms with E-state index in [1.165, 1.54) is 0 Å². The van der Waals surface area contributed by atoms with Crippen molar-refractivity contribution in [2.45, 2.75) is 46.7 Å². The Morgan fingerprint density at radius 1 is 1.29 bits per heavy atom. The molecule has 116 valence electrons. The van der Waals surface area contributed by atoms with Gasteiger partial charge in [-0.25, -0.2) is 5.43 Å². The lowest BCUT2D eigenvalue weighted by atomic mass is 9.99. The number of aryl methyl sites for hydroxylation is 2. The molecule has 1 atom stereocenters. The van der Waals surface area contributed by atoms with E-state index in [-0.39, 0.29) is 12.1 Å². The molecule has 0 saturated heterocycles. The second-order valence-electron chi connectivity index (χ2n) is 5.49. The average molecular weight is 292 g/mol. The second kappa shape index (κ2) is 5.91. The van der Waals surface area contributed by atoms with E-state index in [0.29, 0.717) is 5.75 Å². The van der Waals surface area contributed by atoms with E-state index in [4.69, 9.17) is 15.0 Å². The Kier molecular flexibility index (Phi) is 4.39. The number of rotatable bonds is 5. The van der Waals surface area contributed by atoms with Crippen LogP contribution in [0.25, 0.3) is 0 Å². The van der Waals surface area contributed by atoms with Crippen molar-refractivity contribution < 1.29 is 9.15 Å². The highest BCUT2D eigenvalue weighted by Gasteiger charge is 2.28. The second-order valence-corrected chi connectivity index (χ2v) is 5.49. The summed E-state index contributed by atoms with van der Waals surface area (Å²) in [6, 6.07) is -0.0318. The van der Waals surface area contributed by atoms with Gasteiger partial charge in [0.05, 0.1) is 19.3 Å². The summed E-state index contributed by atoms with van der Waals surface area (Å²) >= 11 is 0. The Bertz CT molecular complexity index is 628. The third-order valence-corrected chi connectivity index (χ3v) is 3.85. The molecule has 2 aromatic heterocycles. The summed E-state index contributed by atoms with van der Waals surface area (Å²) in [5.41, 5.74) is 5.92. The van der Waals surface area contributed by atoms with E-state index < -0.39 is 0 Å². The van der Waals surface area contributed by atoms with Crippen molar-refractivity contribution in [1.29, 1.82) is 0 Å². The molecule has 21 heavy (non-hydrogen) atoms. The smallest absolute Gasteiger partial charge is 0.161 e. The van der Waals surface area contributed by atoms with Gasteiger partial charge in [-0.2, -0.15) is 5.10 Å². The summed E-state index contributed by atoms with van der Waals surface area (Å²) < 4.78 is 13.1. The Morgan fingerprint density at radius 3 is 2.38 bits per heavy atom. The van der Waals surface area contributed by atoms with Gasteiger partial charge >= 0.3 is 0 Å². The lowest BCUT2D eigenvalue weighted by Gasteiger charge is -2.21. The van der Waals surface area contributed by atoms with Gasteiger partial charge in [0.15, 0.2) is 5.75 Å². The van der Waals surface area contributed by atoms with Crippen LogP contribution < -0.4 is 16.0 Å². The van der Waals surface area contributed by atoms with Gasteiger partial charge in [-0.1, -0.05) is 0 Å². The van der Waals surface area contributed by atoms with Crippen LogP contribution in [0.5, 0.6) is 5.75 Å². The molecule has 0 aliphatic carbocycles. The quantitative estimate of drug-likeness (QED) is 0.654. The normalized spacial score (nSPS) is 13.0. The molecule has 0 spiro atoms. The Hall–Kier alpha value is -1.79. The SMILES string of the molecule is COc1cnn(C(C)C)c1C(NN)c1c(C)oc(C)c1C. The molecule has 2 aromatic rings. The molecule has 0 saturated carbocycles. The monoisotopic (exact) mass is 292 g/mol. The van der Waals surface area contributed by atoms with E-state index >= 15 is 0 Å². The average Bonchev–Trinajstić information content (AvgIpc) is 2.96. The first kappa shape index (κ1) is 15.6. The van der Waals surface area contributed by atoms with Crippen LogP contribution in [0.4, 0.5) is 0 Å². The summed E-state index contributed by atoms with van der Waals surface area (Å²) in [6.07, 6.45) is 1.72. The fourth-order valence-electron chi connectivity index (χ4n) is 2.73. The lowest BCUT2D eigenvalue weighted by molar-refractivity contribution is 0.393. The molecule has 0 radical (unpaired) electrons. The molecule has 0 fully saturated rings. The number of aromatic nitrogens is 2. The van der Waals surface area contributed by atoms with Crippen LogP contribution in [0, 0.1) is 20.8 Å². The van der Waals surface area contributed by atoms with Crippen molar-refractivity contribution in [2.24, 2.45) is 5.84 Å². The van der Waals surface area contributed by atoms with Crippen LogP contribution in [0.15, 0.2) is 10.6 Å². The summed E-state index contributed by atoms with van der Waals surface area (Å²) in [6.45, 7) is 10.1. The number of nitrogens with zero attached hydrogens (tertiary/aromatic N) is 2. The first-order valence-corrected chi connectivity index (χ1v) is 7.06. The fraction of sp³-hybridized carbons (Fsp3) is 0.533. The first-order chi connectivity index (χ1) is 9.92. The van der Waals surface area contributed by atoms with Gasteiger partial charge in [-0.05, 0) is 40.2 Å². The summed E-state index contributed by atoms with van der Waals surface area (Å²) in [7, 11) is 1.64. The van der Waals surface area contributed by atoms with Crippen LogP contribution in [-0.2, 0) is 0 Å². The van der Waals surface area contributed by atoms with Crippen molar-refractivity contribution in [3.63, 3.8) is 0 Å². The topological polar surface area (TPSA) is 78.2 Å². The van der Waals surface area contributed by atoms with E-state index in [9.17, 15) is 0 Å². The third-order valence-electron chi connectivity index (χ3n) is 3.85. The predicted octanol–water partition coefficient (Wildman–Crippen LogP) is 2.54. The molecule has 0 amide bonds. The van der Waals surface area contributed by atoms with Crippen molar-refractivity contribution in [3.05, 3.63) is 34.5 Å². The summed E-state index contributed by atoms with van der Waals surface area (Å²) in [4.78, 5) is 0. The highest BCUT2D eigenvalue weighted by Crippen LogP contribution is 2.36. The first-order valence-electron chi connectivity index (χ1n) is 7.06. The van der Waals surface area contributed by atoms with Crippen molar-refractivity contribution in [3.8, 4) is 5.75 Å². The molecule has 2 rings (SSSR count). The largest absolute Gasteiger partial charge is 0.493 e. The zero-order valence-electron chi connectivity index (χ0n) is 13.5. The van der Waals surface area contributed by atoms with Gasteiger partial charge < -0.3 is 9.15 Å². The van der Waals surface area contributed by atoms with E-state index in [2.05, 4.69) is 24.4 Å². The van der Waals surface area contributed by atoms with Crippen molar-refractivity contribution in [1.82, 2.24) is 15.2 Å². The minimum absolute atomic E-state index is 0.202. The zero-order chi connectivity index (χ0) is 15.7. The van der Waals surface area contributed by atoms with Gasteiger partial charge in [0.25, 0.3) is 0 Å². The van der Waals surface area contributed by atoms with Crippen LogP contribution >= 0.6 is 0 Å². The number of hydrogen-bond donors (Lipinski definition) is 2. The molecule has 1 unspecified atom stereocenters. The fourth-order valence-corrected chi connectivity index (χ4v) is 2.73. The van der Waals surface area contributed by atoms with E-state index in [0.717, 1.165) is 28.3 Å². The molecule has 6 nitrogen and oxygen atoms in total. The minimum atomic E-state index is -0.234. The van der Waals surface area contributed by atoms with E-state index in [1.807, 2.05) is 25.5 Å². The van der Waals surface area contributed by atoms with E-state index in [1.54, 1.807) is 13.3 Å². The van der Waals surface area contributed by atoms with Gasteiger partial charge in [0, 0.05) is 11.6 Å². The highest BCUT2D eigenvalue weighted by molar-refractivity contribution is 5.43. The number of furan rings is 1. The predicted molar refractivity (Wildman–Crippen MR) is 81.2 cm³/mol.